The van der Waals surface area contributed by atoms with E-state index in [2.05, 4.69) is 19.2 Å². The third kappa shape index (κ3) is 2.96. The van der Waals surface area contributed by atoms with E-state index in [9.17, 15) is 0 Å². The largest absolute Gasteiger partial charge is 0.381 e. The third-order valence-corrected chi connectivity index (χ3v) is 3.10. The van der Waals surface area contributed by atoms with E-state index in [1.165, 1.54) is 25.7 Å². The van der Waals surface area contributed by atoms with Crippen molar-refractivity contribution < 1.29 is 4.74 Å². The lowest BCUT2D eigenvalue weighted by Crippen LogP contribution is -2.45. The standard InChI is InChI=1S/C11H23NO/c1-4-6-11(12-5-2)9-7-10(8-9)13-3/h9-12H,4-8H2,1-3H3. The molecule has 0 aromatic rings. The summed E-state index contributed by atoms with van der Waals surface area (Å²) in [6, 6.07) is 0.737. The Morgan fingerprint density at radius 3 is 2.54 bits per heavy atom. The number of hydrogen-bond donors (Lipinski definition) is 1. The molecule has 0 amide bonds. The second-order valence-electron chi connectivity index (χ2n) is 4.04. The highest BCUT2D eigenvalue weighted by atomic mass is 16.5. The second kappa shape index (κ2) is 5.61. The molecule has 0 aromatic carbocycles. The van der Waals surface area contributed by atoms with Crippen molar-refractivity contribution in [2.45, 2.75) is 51.7 Å². The minimum atomic E-state index is 0.544. The van der Waals surface area contributed by atoms with Gasteiger partial charge in [-0.05, 0) is 31.7 Å². The minimum Gasteiger partial charge on any atom is -0.381 e. The molecule has 1 rings (SSSR count). The minimum absolute atomic E-state index is 0.544. The van der Waals surface area contributed by atoms with Crippen LogP contribution >= 0.6 is 0 Å². The molecule has 0 heterocycles. The van der Waals surface area contributed by atoms with Gasteiger partial charge in [0.05, 0.1) is 6.10 Å². The Labute approximate surface area is 82.0 Å². The van der Waals surface area contributed by atoms with Crippen molar-refractivity contribution >= 4 is 0 Å². The quantitative estimate of drug-likeness (QED) is 0.685. The van der Waals surface area contributed by atoms with Crippen molar-refractivity contribution in [1.82, 2.24) is 5.32 Å². The van der Waals surface area contributed by atoms with Crippen LogP contribution < -0.4 is 5.32 Å². The van der Waals surface area contributed by atoms with Gasteiger partial charge in [-0.2, -0.15) is 0 Å². The van der Waals surface area contributed by atoms with Crippen LogP contribution in [0.5, 0.6) is 0 Å². The molecule has 0 aliphatic heterocycles. The van der Waals surface area contributed by atoms with Crippen molar-refractivity contribution in [3.05, 3.63) is 0 Å². The Balaban J connectivity index is 2.22. The first-order valence-corrected chi connectivity index (χ1v) is 5.57. The highest BCUT2D eigenvalue weighted by molar-refractivity contribution is 4.88. The lowest BCUT2D eigenvalue weighted by molar-refractivity contribution is -0.0130. The van der Waals surface area contributed by atoms with E-state index in [0.717, 1.165) is 18.5 Å². The molecule has 0 bridgehead atoms. The smallest absolute Gasteiger partial charge is 0.0577 e. The van der Waals surface area contributed by atoms with Crippen LogP contribution in [0, 0.1) is 5.92 Å². The van der Waals surface area contributed by atoms with Crippen molar-refractivity contribution in [2.24, 2.45) is 5.92 Å². The van der Waals surface area contributed by atoms with Crippen molar-refractivity contribution in [3.8, 4) is 0 Å². The SMILES string of the molecule is CCCC(NCC)C1CC(OC)C1. The fourth-order valence-corrected chi connectivity index (χ4v) is 2.20. The summed E-state index contributed by atoms with van der Waals surface area (Å²) in [4.78, 5) is 0. The lowest BCUT2D eigenvalue weighted by atomic mass is 9.76. The van der Waals surface area contributed by atoms with Gasteiger partial charge in [0.1, 0.15) is 0 Å². The van der Waals surface area contributed by atoms with E-state index < -0.39 is 0 Å². The predicted molar refractivity (Wildman–Crippen MR) is 55.9 cm³/mol. The van der Waals surface area contributed by atoms with Crippen LogP contribution in [-0.4, -0.2) is 25.8 Å². The molecule has 78 valence electrons. The molecular weight excluding hydrogens is 162 g/mol. The number of nitrogens with one attached hydrogen (secondary N) is 1. The van der Waals surface area contributed by atoms with Crippen molar-refractivity contribution in [1.29, 1.82) is 0 Å². The molecule has 2 nitrogen and oxygen atoms in total. The van der Waals surface area contributed by atoms with Gasteiger partial charge in [-0.25, -0.2) is 0 Å². The van der Waals surface area contributed by atoms with Crippen LogP contribution in [-0.2, 0) is 4.74 Å². The molecule has 0 spiro atoms. The molecule has 0 radical (unpaired) electrons. The van der Waals surface area contributed by atoms with Crippen LogP contribution in [0.1, 0.15) is 39.5 Å². The van der Waals surface area contributed by atoms with E-state index in [1.54, 1.807) is 0 Å². The summed E-state index contributed by atoms with van der Waals surface area (Å²) >= 11 is 0. The van der Waals surface area contributed by atoms with Crippen LogP contribution in [0.3, 0.4) is 0 Å². The molecule has 1 aliphatic rings. The third-order valence-electron chi connectivity index (χ3n) is 3.10. The Bertz CT molecular complexity index is 126. The first-order valence-electron chi connectivity index (χ1n) is 5.57. The average Bonchev–Trinajstić information content (AvgIpc) is 2.03. The van der Waals surface area contributed by atoms with Crippen molar-refractivity contribution in [2.75, 3.05) is 13.7 Å². The molecule has 1 unspecified atom stereocenters. The highest BCUT2D eigenvalue weighted by Crippen LogP contribution is 2.33. The summed E-state index contributed by atoms with van der Waals surface area (Å²) in [5.74, 6) is 0.866. The molecule has 0 aromatic heterocycles. The first kappa shape index (κ1) is 11.0. The van der Waals surface area contributed by atoms with Gasteiger partial charge in [0, 0.05) is 13.2 Å². The number of hydrogen-bond acceptors (Lipinski definition) is 2. The predicted octanol–water partition coefficient (Wildman–Crippen LogP) is 2.19. The monoisotopic (exact) mass is 185 g/mol. The summed E-state index contributed by atoms with van der Waals surface area (Å²) in [5, 5.41) is 3.57. The van der Waals surface area contributed by atoms with Crippen LogP contribution in [0.25, 0.3) is 0 Å². The normalized spacial score (nSPS) is 29.8. The highest BCUT2D eigenvalue weighted by Gasteiger charge is 2.34. The van der Waals surface area contributed by atoms with Gasteiger partial charge in [0.2, 0.25) is 0 Å². The summed E-state index contributed by atoms with van der Waals surface area (Å²) < 4.78 is 5.30. The second-order valence-corrected chi connectivity index (χ2v) is 4.04. The summed E-state index contributed by atoms with van der Waals surface area (Å²) in [6.45, 7) is 5.55. The van der Waals surface area contributed by atoms with Gasteiger partial charge < -0.3 is 10.1 Å². The zero-order valence-electron chi connectivity index (χ0n) is 9.18. The van der Waals surface area contributed by atoms with Gasteiger partial charge in [-0.1, -0.05) is 20.3 Å². The van der Waals surface area contributed by atoms with E-state index in [4.69, 9.17) is 4.74 Å². The van der Waals surface area contributed by atoms with E-state index in [1.807, 2.05) is 7.11 Å². The zero-order chi connectivity index (χ0) is 9.68. The maximum absolute atomic E-state index is 5.30. The Morgan fingerprint density at radius 1 is 1.38 bits per heavy atom. The Hall–Kier alpha value is -0.0800. The molecule has 1 atom stereocenters. The molecular formula is C11H23NO. The zero-order valence-corrected chi connectivity index (χ0v) is 9.18. The van der Waals surface area contributed by atoms with E-state index >= 15 is 0 Å². The molecule has 1 aliphatic carbocycles. The number of methoxy groups -OCH3 is 1. The molecule has 1 N–H and O–H groups in total. The molecule has 1 fully saturated rings. The molecule has 0 saturated heterocycles. The first-order chi connectivity index (χ1) is 6.31. The lowest BCUT2D eigenvalue weighted by Gasteiger charge is -2.40. The average molecular weight is 185 g/mol. The van der Waals surface area contributed by atoms with Crippen LogP contribution in [0.15, 0.2) is 0 Å². The molecule has 1 saturated carbocycles. The van der Waals surface area contributed by atoms with Gasteiger partial charge in [0.25, 0.3) is 0 Å². The van der Waals surface area contributed by atoms with Crippen LogP contribution in [0.4, 0.5) is 0 Å². The Kier molecular flexibility index (Phi) is 4.74. The van der Waals surface area contributed by atoms with Gasteiger partial charge in [-0.15, -0.1) is 0 Å². The summed E-state index contributed by atoms with van der Waals surface area (Å²) in [6.07, 6.45) is 5.66. The summed E-state index contributed by atoms with van der Waals surface area (Å²) in [5.41, 5.74) is 0. The van der Waals surface area contributed by atoms with Crippen molar-refractivity contribution in [3.63, 3.8) is 0 Å². The van der Waals surface area contributed by atoms with Gasteiger partial charge >= 0.3 is 0 Å². The number of ether oxygens (including phenoxy) is 1. The maximum Gasteiger partial charge on any atom is 0.0577 e. The summed E-state index contributed by atoms with van der Waals surface area (Å²) in [7, 11) is 1.82. The topological polar surface area (TPSA) is 21.3 Å². The van der Waals surface area contributed by atoms with Gasteiger partial charge in [0.15, 0.2) is 0 Å². The number of rotatable bonds is 6. The maximum atomic E-state index is 5.30. The molecule has 13 heavy (non-hydrogen) atoms. The van der Waals surface area contributed by atoms with Crippen LogP contribution in [0.2, 0.25) is 0 Å². The Morgan fingerprint density at radius 2 is 2.08 bits per heavy atom. The fourth-order valence-electron chi connectivity index (χ4n) is 2.20. The fraction of sp³-hybridized carbons (Fsp3) is 1.00. The van der Waals surface area contributed by atoms with Gasteiger partial charge in [-0.3, -0.25) is 0 Å². The van der Waals surface area contributed by atoms with E-state index in [0.29, 0.717) is 6.10 Å². The molecule has 2 heteroatoms. The van der Waals surface area contributed by atoms with E-state index in [-0.39, 0.29) is 0 Å².